The largest absolute Gasteiger partial charge is 0.426 e. The van der Waals surface area contributed by atoms with Crippen LogP contribution in [0.2, 0.25) is 0 Å². The van der Waals surface area contributed by atoms with Crippen molar-refractivity contribution >= 4 is 5.97 Å². The molecular formula is C14H18O3. The fourth-order valence-electron chi connectivity index (χ4n) is 1.64. The van der Waals surface area contributed by atoms with Crippen molar-refractivity contribution in [1.82, 2.24) is 0 Å². The van der Waals surface area contributed by atoms with Crippen LogP contribution in [0.25, 0.3) is 0 Å². The van der Waals surface area contributed by atoms with E-state index < -0.39 is 0 Å². The van der Waals surface area contributed by atoms with Crippen molar-refractivity contribution in [2.24, 2.45) is 5.92 Å². The molecule has 0 N–H and O–H groups in total. The van der Waals surface area contributed by atoms with Gasteiger partial charge in [0.1, 0.15) is 11.9 Å². The maximum absolute atomic E-state index is 11.6. The second-order valence-corrected chi connectivity index (χ2v) is 4.56. The van der Waals surface area contributed by atoms with Crippen molar-refractivity contribution in [3.63, 3.8) is 0 Å². The molecule has 2 rings (SSSR count). The monoisotopic (exact) mass is 234 g/mol. The number of esters is 1. The van der Waals surface area contributed by atoms with Crippen LogP contribution in [0.15, 0.2) is 24.3 Å². The standard InChI is InChI=1S/C14H18O3/c1-4-9(2)14(15)17-12-7-5-11(6-8-12)13-10(3)16-13/h5-10,13H,4H2,1-3H3. The fourth-order valence-corrected chi connectivity index (χ4v) is 1.64. The summed E-state index contributed by atoms with van der Waals surface area (Å²) in [6.45, 7) is 5.89. The second kappa shape index (κ2) is 4.88. The molecule has 0 radical (unpaired) electrons. The first-order valence-corrected chi connectivity index (χ1v) is 6.09. The Bertz CT molecular complexity index is 396. The Morgan fingerprint density at radius 2 is 2.00 bits per heavy atom. The minimum absolute atomic E-state index is 0.0542. The van der Waals surface area contributed by atoms with E-state index in [0.29, 0.717) is 11.9 Å². The van der Waals surface area contributed by atoms with Crippen LogP contribution < -0.4 is 4.74 Å². The Hall–Kier alpha value is -1.35. The molecule has 0 spiro atoms. The van der Waals surface area contributed by atoms with Gasteiger partial charge >= 0.3 is 5.97 Å². The highest BCUT2D eigenvalue weighted by atomic mass is 16.6. The molecule has 3 nitrogen and oxygen atoms in total. The van der Waals surface area contributed by atoms with Crippen molar-refractivity contribution in [1.29, 1.82) is 0 Å². The highest BCUT2D eigenvalue weighted by Crippen LogP contribution is 2.38. The van der Waals surface area contributed by atoms with Gasteiger partial charge < -0.3 is 9.47 Å². The summed E-state index contributed by atoms with van der Waals surface area (Å²) in [7, 11) is 0. The van der Waals surface area contributed by atoms with Gasteiger partial charge in [-0.3, -0.25) is 4.79 Å². The van der Waals surface area contributed by atoms with E-state index in [1.807, 2.05) is 45.0 Å². The second-order valence-electron chi connectivity index (χ2n) is 4.56. The van der Waals surface area contributed by atoms with Gasteiger partial charge in [0.15, 0.2) is 0 Å². The summed E-state index contributed by atoms with van der Waals surface area (Å²) >= 11 is 0. The van der Waals surface area contributed by atoms with Crippen LogP contribution >= 0.6 is 0 Å². The average molecular weight is 234 g/mol. The number of hydrogen-bond acceptors (Lipinski definition) is 3. The summed E-state index contributed by atoms with van der Waals surface area (Å²) in [5.41, 5.74) is 1.14. The normalized spacial score (nSPS) is 24.2. The molecule has 1 aromatic rings. The molecule has 1 saturated heterocycles. The van der Waals surface area contributed by atoms with Crippen LogP contribution in [0.1, 0.15) is 38.9 Å². The van der Waals surface area contributed by atoms with E-state index in [4.69, 9.17) is 9.47 Å². The Labute approximate surface area is 102 Å². The number of hydrogen-bond donors (Lipinski definition) is 0. The van der Waals surface area contributed by atoms with Crippen molar-refractivity contribution in [2.45, 2.75) is 39.4 Å². The van der Waals surface area contributed by atoms with Crippen LogP contribution in [0, 0.1) is 5.92 Å². The van der Waals surface area contributed by atoms with Crippen molar-refractivity contribution < 1.29 is 14.3 Å². The number of carbonyl (C=O) groups is 1. The molecule has 92 valence electrons. The van der Waals surface area contributed by atoms with Crippen molar-refractivity contribution in [3.8, 4) is 5.75 Å². The molecule has 0 bridgehead atoms. The maximum atomic E-state index is 11.6. The number of epoxide rings is 1. The zero-order chi connectivity index (χ0) is 12.4. The van der Waals surface area contributed by atoms with E-state index in [-0.39, 0.29) is 18.0 Å². The zero-order valence-corrected chi connectivity index (χ0v) is 10.5. The first-order valence-electron chi connectivity index (χ1n) is 6.09. The van der Waals surface area contributed by atoms with Gasteiger partial charge in [0, 0.05) is 0 Å². The summed E-state index contributed by atoms with van der Waals surface area (Å²) in [6.07, 6.45) is 1.32. The van der Waals surface area contributed by atoms with Gasteiger partial charge in [0.25, 0.3) is 0 Å². The first kappa shape index (κ1) is 12.1. The summed E-state index contributed by atoms with van der Waals surface area (Å²) < 4.78 is 10.6. The maximum Gasteiger partial charge on any atom is 0.314 e. The van der Waals surface area contributed by atoms with Gasteiger partial charge in [-0.1, -0.05) is 26.0 Å². The lowest BCUT2D eigenvalue weighted by molar-refractivity contribution is -0.138. The highest BCUT2D eigenvalue weighted by Gasteiger charge is 2.35. The van der Waals surface area contributed by atoms with E-state index in [0.717, 1.165) is 12.0 Å². The van der Waals surface area contributed by atoms with Crippen molar-refractivity contribution in [2.75, 3.05) is 0 Å². The Kier molecular flexibility index (Phi) is 3.48. The van der Waals surface area contributed by atoms with Crippen LogP contribution in [0.3, 0.4) is 0 Å². The third kappa shape index (κ3) is 2.86. The Morgan fingerprint density at radius 1 is 1.41 bits per heavy atom. The Balaban J connectivity index is 1.96. The van der Waals surface area contributed by atoms with E-state index >= 15 is 0 Å². The molecule has 3 heteroatoms. The molecular weight excluding hydrogens is 216 g/mol. The predicted molar refractivity (Wildman–Crippen MR) is 64.8 cm³/mol. The molecule has 3 atom stereocenters. The number of rotatable bonds is 4. The fraction of sp³-hybridized carbons (Fsp3) is 0.500. The molecule has 1 aliphatic heterocycles. The molecule has 0 aliphatic carbocycles. The summed E-state index contributed by atoms with van der Waals surface area (Å²) in [4.78, 5) is 11.6. The SMILES string of the molecule is CCC(C)C(=O)Oc1ccc(C2OC2C)cc1. The highest BCUT2D eigenvalue weighted by molar-refractivity contribution is 5.74. The van der Waals surface area contributed by atoms with Crippen LogP contribution in [0.5, 0.6) is 5.75 Å². The third-order valence-corrected chi connectivity index (χ3v) is 3.15. The third-order valence-electron chi connectivity index (χ3n) is 3.15. The van der Waals surface area contributed by atoms with Crippen LogP contribution in [-0.2, 0) is 9.53 Å². The quantitative estimate of drug-likeness (QED) is 0.456. The minimum Gasteiger partial charge on any atom is -0.426 e. The van der Waals surface area contributed by atoms with Gasteiger partial charge in [-0.15, -0.1) is 0 Å². The molecule has 0 saturated carbocycles. The lowest BCUT2D eigenvalue weighted by Gasteiger charge is -2.08. The first-order chi connectivity index (χ1) is 8.11. The van der Waals surface area contributed by atoms with Gasteiger partial charge in [-0.2, -0.15) is 0 Å². The lowest BCUT2D eigenvalue weighted by atomic mass is 10.1. The van der Waals surface area contributed by atoms with Gasteiger partial charge in [-0.05, 0) is 31.0 Å². The summed E-state index contributed by atoms with van der Waals surface area (Å²) in [5, 5.41) is 0. The van der Waals surface area contributed by atoms with Crippen LogP contribution in [0.4, 0.5) is 0 Å². The lowest BCUT2D eigenvalue weighted by Crippen LogP contribution is -2.16. The molecule has 3 unspecified atom stereocenters. The van der Waals surface area contributed by atoms with Crippen LogP contribution in [-0.4, -0.2) is 12.1 Å². The summed E-state index contributed by atoms with van der Waals surface area (Å²) in [6, 6.07) is 7.55. The smallest absolute Gasteiger partial charge is 0.314 e. The molecule has 1 aromatic carbocycles. The number of carbonyl (C=O) groups excluding carboxylic acids is 1. The average Bonchev–Trinajstić information content (AvgIpc) is 3.06. The van der Waals surface area contributed by atoms with Crippen molar-refractivity contribution in [3.05, 3.63) is 29.8 Å². The van der Waals surface area contributed by atoms with E-state index in [9.17, 15) is 4.79 Å². The van der Waals surface area contributed by atoms with E-state index in [1.165, 1.54) is 0 Å². The van der Waals surface area contributed by atoms with E-state index in [1.54, 1.807) is 0 Å². The molecule has 0 amide bonds. The minimum atomic E-state index is -0.170. The molecule has 0 aromatic heterocycles. The molecule has 1 aliphatic rings. The molecule has 1 heterocycles. The molecule has 1 fully saturated rings. The van der Waals surface area contributed by atoms with Gasteiger partial charge in [0.05, 0.1) is 12.0 Å². The number of ether oxygens (including phenoxy) is 2. The van der Waals surface area contributed by atoms with Gasteiger partial charge in [-0.25, -0.2) is 0 Å². The molecule has 17 heavy (non-hydrogen) atoms. The Morgan fingerprint density at radius 3 is 2.47 bits per heavy atom. The topological polar surface area (TPSA) is 38.8 Å². The summed E-state index contributed by atoms with van der Waals surface area (Å²) in [5.74, 6) is 0.380. The zero-order valence-electron chi connectivity index (χ0n) is 10.5. The van der Waals surface area contributed by atoms with E-state index in [2.05, 4.69) is 0 Å². The van der Waals surface area contributed by atoms with Gasteiger partial charge in [0.2, 0.25) is 0 Å². The predicted octanol–water partition coefficient (Wildman–Crippen LogP) is 3.10. The number of benzene rings is 1.